The zero-order valence-corrected chi connectivity index (χ0v) is 48.8. The van der Waals surface area contributed by atoms with E-state index in [2.05, 4.69) is 78.1 Å². The predicted octanol–water partition coefficient (Wildman–Crippen LogP) is 15.5. The molecule has 0 aliphatic carbocycles. The topological polar surface area (TPSA) is 264 Å². The highest BCUT2D eigenvalue weighted by atomic mass is 16.4. The number of hydrogen-bond donors (Lipinski definition) is 8. The molecule has 16 heteroatoms. The highest BCUT2D eigenvalue weighted by Crippen LogP contribution is 2.42. The van der Waals surface area contributed by atoms with E-state index in [1.54, 1.807) is 0 Å². The first-order valence-corrected chi connectivity index (χ1v) is 28.2. The van der Waals surface area contributed by atoms with Gasteiger partial charge in [-0.15, -0.1) is 0 Å². The Bertz CT molecular complexity index is 4430. The predicted molar refractivity (Wildman–Crippen MR) is 336 cm³/mol. The number of carbonyl (C=O) groups is 4. The van der Waals surface area contributed by atoms with Gasteiger partial charge in [-0.2, -0.15) is 0 Å². The zero-order valence-electron chi connectivity index (χ0n) is 48.8. The maximum absolute atomic E-state index is 12.1. The lowest BCUT2D eigenvalue weighted by Gasteiger charge is -2.08. The van der Waals surface area contributed by atoms with Crippen LogP contribution in [0, 0.1) is 27.7 Å². The summed E-state index contributed by atoms with van der Waals surface area (Å²) in [6.45, 7) is 26.5. The number of aromatic nitrogens is 8. The van der Waals surface area contributed by atoms with Crippen molar-refractivity contribution in [1.29, 1.82) is 0 Å². The van der Waals surface area contributed by atoms with E-state index in [0.717, 1.165) is 133 Å². The molecular formula is C68H68N8O8. The van der Waals surface area contributed by atoms with Crippen LogP contribution < -0.4 is 0 Å². The Labute approximate surface area is 485 Å². The van der Waals surface area contributed by atoms with Crippen molar-refractivity contribution in [2.24, 2.45) is 0 Å². The smallest absolute Gasteiger partial charge is 0.303 e. The number of nitrogens with one attached hydrogen (secondary N) is 4. The first-order valence-electron chi connectivity index (χ1n) is 28.2. The van der Waals surface area contributed by atoms with Crippen LogP contribution in [-0.2, 0) is 19.2 Å². The van der Waals surface area contributed by atoms with Crippen molar-refractivity contribution < 1.29 is 39.6 Å². The average Bonchev–Trinajstić information content (AvgIpc) is 2.16. The molecule has 0 radical (unpaired) electrons. The van der Waals surface area contributed by atoms with Gasteiger partial charge in [0.25, 0.3) is 0 Å². The Morgan fingerprint density at radius 3 is 1.04 bits per heavy atom. The van der Waals surface area contributed by atoms with Crippen LogP contribution in [0.4, 0.5) is 0 Å². The molecule has 6 aromatic heterocycles. The van der Waals surface area contributed by atoms with Crippen molar-refractivity contribution in [3.8, 4) is 0 Å². The fraction of sp³-hybridized carbons (Fsp3) is 0.265. The molecule has 6 aromatic rings. The highest BCUT2D eigenvalue weighted by Gasteiger charge is 2.26. The third-order valence-corrected chi connectivity index (χ3v) is 17.0. The molecule has 1 atom stereocenters. The fourth-order valence-corrected chi connectivity index (χ4v) is 12.1. The molecule has 84 heavy (non-hydrogen) atoms. The molecule has 10 heterocycles. The molecule has 4 aliphatic heterocycles. The number of aliphatic carboxylic acids is 4. The number of aryl methyl sites for hydroxylation is 4. The maximum Gasteiger partial charge on any atom is 0.303 e. The molecule has 8 N–H and O–H groups in total. The monoisotopic (exact) mass is 1120 g/mol. The van der Waals surface area contributed by atoms with Crippen LogP contribution in [0.15, 0.2) is 67.8 Å². The number of fused-ring (bicyclic) bond motifs is 16. The summed E-state index contributed by atoms with van der Waals surface area (Å²) < 4.78 is 0. The molecule has 0 fully saturated rings. The van der Waals surface area contributed by atoms with Crippen LogP contribution in [0.3, 0.4) is 0 Å². The van der Waals surface area contributed by atoms with Crippen LogP contribution in [-0.4, -0.2) is 84.2 Å². The summed E-state index contributed by atoms with van der Waals surface area (Å²) in [6.07, 6.45) is 8.45. The summed E-state index contributed by atoms with van der Waals surface area (Å²) >= 11 is 0. The van der Waals surface area contributed by atoms with E-state index in [-0.39, 0.29) is 57.3 Å². The quantitative estimate of drug-likeness (QED) is 0.0424. The van der Waals surface area contributed by atoms with Crippen molar-refractivity contribution in [3.63, 3.8) is 0 Å². The van der Waals surface area contributed by atoms with E-state index >= 15 is 0 Å². The van der Waals surface area contributed by atoms with Gasteiger partial charge in [0.15, 0.2) is 0 Å². The Balaban J connectivity index is 1.21. The average molecular weight is 1130 g/mol. The van der Waals surface area contributed by atoms with Crippen molar-refractivity contribution in [3.05, 3.63) is 158 Å². The van der Waals surface area contributed by atoms with Crippen molar-refractivity contribution >= 4 is 131 Å². The van der Waals surface area contributed by atoms with Crippen LogP contribution in [0.1, 0.15) is 182 Å². The van der Waals surface area contributed by atoms with Gasteiger partial charge < -0.3 is 40.4 Å². The van der Waals surface area contributed by atoms with Gasteiger partial charge in [0.2, 0.25) is 0 Å². The molecule has 10 rings (SSSR count). The van der Waals surface area contributed by atoms with Crippen LogP contribution in [0.5, 0.6) is 0 Å². The molecule has 1 unspecified atom stereocenters. The normalized spacial score (nSPS) is 13.9. The largest absolute Gasteiger partial charge is 0.481 e. The molecule has 428 valence electrons. The van der Waals surface area contributed by atoms with E-state index in [0.29, 0.717) is 45.6 Å². The second-order valence-electron chi connectivity index (χ2n) is 22.2. The fourth-order valence-electron chi connectivity index (χ4n) is 12.1. The van der Waals surface area contributed by atoms with Gasteiger partial charge >= 0.3 is 23.9 Å². The van der Waals surface area contributed by atoms with Gasteiger partial charge in [-0.1, -0.05) is 44.4 Å². The molecule has 0 spiro atoms. The standard InChI is InChI=1S/C68H68N8O8/c1-12-41-33(4)48-24-50-36(7)44(16-20-64(77)78)59(71-50)30-61-46(18-22-66(81)82)38(9)53(74-61)27-58-43(35(6)52(73-58)26-56(41)69-48)15-14-32(3)68-40(11)55-28-57-42(13-2)34(5)49(70-57)25-51-37(8)45(17-21-65(79)80)60(72-51)31-62-47(19-23-67(83)84)39(10)54(75-62)29-63(68)76-55/h12-15,24-32,69-70,73,76H,1-2,16-23H2,3-11H3,(H,77,78)(H,79,80)(H,81,82)(H,83,84)/b15-14+,48-24?,49-25?,50-24?,51-25?,52-26?,53-27?,54-29?,55-28?,56-26?,57-28?,58-27?,59-30?,60-31?,61-30?,62-31?,63-29?. The summed E-state index contributed by atoms with van der Waals surface area (Å²) in [7, 11) is 0. The van der Waals surface area contributed by atoms with Gasteiger partial charge in [-0.25, -0.2) is 19.9 Å². The first kappa shape index (κ1) is 57.5. The Morgan fingerprint density at radius 1 is 0.405 bits per heavy atom. The number of H-pyrrole nitrogens is 4. The van der Waals surface area contributed by atoms with Gasteiger partial charge in [-0.3, -0.25) is 19.2 Å². The third-order valence-electron chi connectivity index (χ3n) is 17.0. The molecule has 16 nitrogen and oxygen atoms in total. The minimum Gasteiger partial charge on any atom is -0.481 e. The van der Waals surface area contributed by atoms with E-state index in [4.69, 9.17) is 19.9 Å². The van der Waals surface area contributed by atoms with Crippen LogP contribution in [0.25, 0.3) is 107 Å². The van der Waals surface area contributed by atoms with E-state index < -0.39 is 23.9 Å². The molecule has 0 saturated heterocycles. The molecule has 16 bridgehead atoms. The van der Waals surface area contributed by atoms with Crippen LogP contribution in [0.2, 0.25) is 0 Å². The van der Waals surface area contributed by atoms with Gasteiger partial charge in [0, 0.05) is 92.4 Å². The zero-order chi connectivity index (χ0) is 60.2. The molecule has 4 aliphatic rings. The molecule has 0 amide bonds. The number of rotatable bonds is 17. The minimum atomic E-state index is -0.941. The molecule has 0 aromatic carbocycles. The van der Waals surface area contributed by atoms with Crippen molar-refractivity contribution in [2.45, 2.75) is 120 Å². The lowest BCUT2D eigenvalue weighted by atomic mass is 9.95. The molecular weight excluding hydrogens is 1060 g/mol. The van der Waals surface area contributed by atoms with E-state index in [1.165, 1.54) is 0 Å². The molecule has 0 saturated carbocycles. The van der Waals surface area contributed by atoms with Gasteiger partial charge in [0.05, 0.1) is 45.6 Å². The Kier molecular flexibility index (Phi) is 15.7. The SMILES string of the molecule is C=Cc1c(C)c2cc3nc(cc4nc(cc5[nH]c(cc1[nH]2)c(C)c5/C=C/C(C)c1c(C)c2cc5[nH]c(cc6nc(cc7nc(cc1[nH]2)C(C)=C7CCC(=O)O)C(CCC(=O)O)=C6C)c(C)c5C=C)C(C)=C4CCC(=O)O)C(CCC(=O)O)=C3C. The first-order chi connectivity index (χ1) is 40.0. The van der Waals surface area contributed by atoms with Crippen molar-refractivity contribution in [2.75, 3.05) is 0 Å². The number of carboxylic acid groups (broad SMARTS) is 4. The summed E-state index contributed by atoms with van der Waals surface area (Å²) in [5, 5.41) is 39.4. The number of allylic oxidation sites excluding steroid dienone is 9. The summed E-state index contributed by atoms with van der Waals surface area (Å²) in [5.74, 6) is -3.96. The number of aromatic amines is 4. The number of carboxylic acids is 4. The minimum absolute atomic E-state index is 0.0980. The lowest BCUT2D eigenvalue weighted by molar-refractivity contribution is -0.137. The van der Waals surface area contributed by atoms with E-state index in [1.807, 2.05) is 90.1 Å². The third kappa shape index (κ3) is 10.9. The highest BCUT2D eigenvalue weighted by molar-refractivity contribution is 5.99. The summed E-state index contributed by atoms with van der Waals surface area (Å²) in [6, 6.07) is 15.9. The van der Waals surface area contributed by atoms with Crippen molar-refractivity contribution in [1.82, 2.24) is 39.9 Å². The van der Waals surface area contributed by atoms with Gasteiger partial charge in [0.1, 0.15) is 0 Å². The lowest BCUT2D eigenvalue weighted by Crippen LogP contribution is -1.97. The second kappa shape index (κ2) is 22.9. The summed E-state index contributed by atoms with van der Waals surface area (Å²) in [5.41, 5.74) is 25.6. The Morgan fingerprint density at radius 2 is 0.690 bits per heavy atom. The van der Waals surface area contributed by atoms with E-state index in [9.17, 15) is 39.6 Å². The number of hydrogen-bond acceptors (Lipinski definition) is 8. The maximum atomic E-state index is 12.1. The van der Waals surface area contributed by atoms with Gasteiger partial charge in [-0.05, 0) is 202 Å². The Hall–Kier alpha value is -9.70. The number of nitrogens with zero attached hydrogens (tertiary/aromatic N) is 4. The summed E-state index contributed by atoms with van der Waals surface area (Å²) in [4.78, 5) is 83.4. The van der Waals surface area contributed by atoms with Crippen LogP contribution >= 0.6 is 0 Å². The second-order valence-corrected chi connectivity index (χ2v) is 22.2.